The predicted molar refractivity (Wildman–Crippen MR) is 124 cm³/mol. The van der Waals surface area contributed by atoms with Crippen LogP contribution < -0.4 is 10.2 Å². The first-order valence-corrected chi connectivity index (χ1v) is 11.4. The Morgan fingerprint density at radius 2 is 1.97 bits per heavy atom. The third-order valence-electron chi connectivity index (χ3n) is 5.69. The molecule has 1 aliphatic heterocycles. The molecule has 0 radical (unpaired) electrons. The molecule has 1 fully saturated rings. The van der Waals surface area contributed by atoms with E-state index in [1.807, 2.05) is 22.8 Å². The van der Waals surface area contributed by atoms with Crippen molar-refractivity contribution in [2.24, 2.45) is 0 Å². The van der Waals surface area contributed by atoms with Gasteiger partial charge in [-0.2, -0.15) is 4.73 Å². The van der Waals surface area contributed by atoms with Crippen LogP contribution in [0.4, 0.5) is 4.39 Å². The number of rotatable bonds is 6. The molecule has 0 amide bonds. The van der Waals surface area contributed by atoms with Crippen molar-refractivity contribution in [1.29, 1.82) is 0 Å². The molecule has 1 saturated heterocycles. The number of piperazine rings is 1. The SMILES string of the molecule is CC(On1ccc2nc(-n3cnnc3CN3CCNCC3)ccc21)c1c(Cl)ccc(F)c1Cl. The highest BCUT2D eigenvalue weighted by molar-refractivity contribution is 6.36. The van der Waals surface area contributed by atoms with Gasteiger partial charge in [-0.15, -0.1) is 10.2 Å². The van der Waals surface area contributed by atoms with Crippen LogP contribution in [0.5, 0.6) is 0 Å². The van der Waals surface area contributed by atoms with Crippen LogP contribution in [0, 0.1) is 5.82 Å². The maximum atomic E-state index is 13.9. The van der Waals surface area contributed by atoms with Gasteiger partial charge in [0.1, 0.15) is 23.5 Å². The standard InChI is InChI=1S/C22H22Cl2FN7O/c1-14(21-15(23)2-3-16(25)22(21)24)33-32-9-6-17-18(32)4-5-19(28-17)31-13-27-29-20(31)12-30-10-7-26-8-11-30/h2-6,9,13-14,26H,7-8,10-12H2,1H3. The molecule has 0 spiro atoms. The van der Waals surface area contributed by atoms with E-state index in [0.717, 1.165) is 48.9 Å². The molecule has 1 aromatic carbocycles. The highest BCUT2D eigenvalue weighted by Gasteiger charge is 2.20. The summed E-state index contributed by atoms with van der Waals surface area (Å²) in [5.74, 6) is 1.02. The molecular weight excluding hydrogens is 468 g/mol. The number of aromatic nitrogens is 5. The monoisotopic (exact) mass is 489 g/mol. The largest absolute Gasteiger partial charge is 0.406 e. The Labute approximate surface area is 199 Å². The van der Waals surface area contributed by atoms with Gasteiger partial charge < -0.3 is 10.2 Å². The van der Waals surface area contributed by atoms with Crippen LogP contribution in [0.1, 0.15) is 24.4 Å². The van der Waals surface area contributed by atoms with Gasteiger partial charge in [-0.1, -0.05) is 23.2 Å². The summed E-state index contributed by atoms with van der Waals surface area (Å²) in [6.07, 6.45) is 2.85. The Balaban J connectivity index is 1.39. The van der Waals surface area contributed by atoms with E-state index in [9.17, 15) is 4.39 Å². The van der Waals surface area contributed by atoms with Crippen LogP contribution in [-0.2, 0) is 6.54 Å². The van der Waals surface area contributed by atoms with Crippen LogP contribution in [0.15, 0.2) is 42.9 Å². The fraction of sp³-hybridized carbons (Fsp3) is 0.318. The smallest absolute Gasteiger partial charge is 0.152 e. The number of halogens is 3. The normalized spacial score (nSPS) is 15.8. The maximum Gasteiger partial charge on any atom is 0.152 e. The zero-order valence-corrected chi connectivity index (χ0v) is 19.4. The Morgan fingerprint density at radius 1 is 1.15 bits per heavy atom. The van der Waals surface area contributed by atoms with E-state index >= 15 is 0 Å². The lowest BCUT2D eigenvalue weighted by Gasteiger charge is -2.26. The first-order chi connectivity index (χ1) is 16.0. The number of hydrogen-bond donors (Lipinski definition) is 1. The molecule has 4 aromatic rings. The lowest BCUT2D eigenvalue weighted by molar-refractivity contribution is 0.0562. The van der Waals surface area contributed by atoms with E-state index in [1.165, 1.54) is 12.1 Å². The number of nitrogens with zero attached hydrogens (tertiary/aromatic N) is 6. The summed E-state index contributed by atoms with van der Waals surface area (Å²) in [6.45, 7) is 6.35. The van der Waals surface area contributed by atoms with E-state index in [0.29, 0.717) is 17.1 Å². The fourth-order valence-corrected chi connectivity index (χ4v) is 4.65. The second-order valence-electron chi connectivity index (χ2n) is 7.86. The van der Waals surface area contributed by atoms with E-state index < -0.39 is 11.9 Å². The molecule has 0 saturated carbocycles. The molecule has 1 aliphatic rings. The average molecular weight is 490 g/mol. The first-order valence-electron chi connectivity index (χ1n) is 10.6. The maximum absolute atomic E-state index is 13.9. The van der Waals surface area contributed by atoms with Crippen molar-refractivity contribution in [2.45, 2.75) is 19.6 Å². The summed E-state index contributed by atoms with van der Waals surface area (Å²) in [6, 6.07) is 8.35. The van der Waals surface area contributed by atoms with Crippen LogP contribution in [0.25, 0.3) is 16.9 Å². The number of benzene rings is 1. The second kappa shape index (κ2) is 9.26. The minimum atomic E-state index is -0.584. The summed E-state index contributed by atoms with van der Waals surface area (Å²) < 4.78 is 17.4. The molecule has 172 valence electrons. The van der Waals surface area contributed by atoms with Gasteiger partial charge in [0.15, 0.2) is 11.9 Å². The summed E-state index contributed by atoms with van der Waals surface area (Å²) >= 11 is 12.4. The van der Waals surface area contributed by atoms with Gasteiger partial charge in [0.05, 0.1) is 17.1 Å². The van der Waals surface area contributed by atoms with Gasteiger partial charge in [0.25, 0.3) is 0 Å². The number of hydrogen-bond acceptors (Lipinski definition) is 6. The Morgan fingerprint density at radius 3 is 2.79 bits per heavy atom. The minimum absolute atomic E-state index is 0.0449. The predicted octanol–water partition coefficient (Wildman–Crippen LogP) is 3.66. The van der Waals surface area contributed by atoms with Crippen molar-refractivity contribution < 1.29 is 9.23 Å². The van der Waals surface area contributed by atoms with Gasteiger partial charge in [0, 0.05) is 43.0 Å². The molecule has 1 N–H and O–H groups in total. The van der Waals surface area contributed by atoms with E-state index in [-0.39, 0.29) is 5.02 Å². The molecule has 33 heavy (non-hydrogen) atoms. The van der Waals surface area contributed by atoms with E-state index in [2.05, 4.69) is 20.4 Å². The second-order valence-corrected chi connectivity index (χ2v) is 8.65. The number of nitrogens with one attached hydrogen (secondary N) is 1. The third kappa shape index (κ3) is 4.41. The Kier molecular flexibility index (Phi) is 6.20. The summed E-state index contributed by atoms with van der Waals surface area (Å²) in [5.41, 5.74) is 1.88. The van der Waals surface area contributed by atoms with Crippen molar-refractivity contribution in [3.05, 3.63) is 70.1 Å². The molecule has 1 atom stereocenters. The van der Waals surface area contributed by atoms with Crippen molar-refractivity contribution in [3.63, 3.8) is 0 Å². The van der Waals surface area contributed by atoms with Crippen LogP contribution in [0.2, 0.25) is 10.0 Å². The van der Waals surface area contributed by atoms with Gasteiger partial charge in [0.2, 0.25) is 0 Å². The number of pyridine rings is 1. The first kappa shape index (κ1) is 22.1. The van der Waals surface area contributed by atoms with Crippen molar-refractivity contribution in [3.8, 4) is 5.82 Å². The highest BCUT2D eigenvalue weighted by Crippen LogP contribution is 2.33. The van der Waals surface area contributed by atoms with Crippen LogP contribution in [0.3, 0.4) is 0 Å². The van der Waals surface area contributed by atoms with E-state index in [1.54, 1.807) is 24.2 Å². The molecular formula is C22H22Cl2FN7O. The van der Waals surface area contributed by atoms with Crippen molar-refractivity contribution >= 4 is 34.2 Å². The number of fused-ring (bicyclic) bond motifs is 1. The molecule has 8 nitrogen and oxygen atoms in total. The lowest BCUT2D eigenvalue weighted by Crippen LogP contribution is -2.43. The quantitative estimate of drug-likeness (QED) is 0.416. The molecule has 0 bridgehead atoms. The summed E-state index contributed by atoms with van der Waals surface area (Å²) in [5, 5.41) is 12.0. The average Bonchev–Trinajstić information content (AvgIpc) is 3.44. The van der Waals surface area contributed by atoms with Gasteiger partial charge >= 0.3 is 0 Å². The molecule has 3 aromatic heterocycles. The highest BCUT2D eigenvalue weighted by atomic mass is 35.5. The zero-order valence-electron chi connectivity index (χ0n) is 17.9. The molecule has 0 aliphatic carbocycles. The van der Waals surface area contributed by atoms with Gasteiger partial charge in [-0.3, -0.25) is 9.47 Å². The topological polar surface area (TPSA) is 73.0 Å². The van der Waals surface area contributed by atoms with Crippen molar-refractivity contribution in [2.75, 3.05) is 26.2 Å². The lowest BCUT2D eigenvalue weighted by atomic mass is 10.1. The van der Waals surface area contributed by atoms with E-state index in [4.69, 9.17) is 33.0 Å². The zero-order chi connectivity index (χ0) is 22.9. The molecule has 5 rings (SSSR count). The third-order valence-corrected chi connectivity index (χ3v) is 6.40. The minimum Gasteiger partial charge on any atom is -0.406 e. The summed E-state index contributed by atoms with van der Waals surface area (Å²) in [7, 11) is 0. The van der Waals surface area contributed by atoms with Gasteiger partial charge in [-0.25, -0.2) is 9.37 Å². The molecule has 1 unspecified atom stereocenters. The van der Waals surface area contributed by atoms with Crippen LogP contribution >= 0.6 is 23.2 Å². The summed E-state index contributed by atoms with van der Waals surface area (Å²) in [4.78, 5) is 13.1. The van der Waals surface area contributed by atoms with Crippen LogP contribution in [-0.4, -0.2) is 55.6 Å². The Hall–Kier alpha value is -2.72. The Bertz CT molecular complexity index is 1290. The van der Waals surface area contributed by atoms with Crippen molar-refractivity contribution in [1.82, 2.24) is 34.7 Å². The molecule has 4 heterocycles. The van der Waals surface area contributed by atoms with Gasteiger partial charge in [-0.05, 0) is 37.3 Å². The molecule has 11 heteroatoms. The fourth-order valence-electron chi connectivity index (χ4n) is 3.98.